The van der Waals surface area contributed by atoms with E-state index in [1.807, 2.05) is 12.1 Å². The van der Waals surface area contributed by atoms with E-state index in [1.165, 1.54) is 5.56 Å². The predicted octanol–water partition coefficient (Wildman–Crippen LogP) is 2.98. The molecule has 1 aromatic rings. The first-order valence-electron chi connectivity index (χ1n) is 2.78. The summed E-state index contributed by atoms with van der Waals surface area (Å²) in [7, 11) is 0. The molecule has 0 aliphatic carbocycles. The van der Waals surface area contributed by atoms with Crippen molar-refractivity contribution in [1.29, 1.82) is 0 Å². The van der Waals surface area contributed by atoms with Crippen molar-refractivity contribution >= 4 is 61.9 Å². The monoisotopic (exact) mass is 262 g/mol. The third kappa shape index (κ3) is 3.46. The average molecular weight is 264 g/mol. The van der Waals surface area contributed by atoms with E-state index in [1.54, 1.807) is 11.3 Å². The van der Waals surface area contributed by atoms with E-state index in [0.717, 1.165) is 14.5 Å². The largest absolute Gasteiger partial charge is 0.316 e. The van der Waals surface area contributed by atoms with Gasteiger partial charge in [-0.05, 0) is 34.0 Å². The molecular formula is C7H8BrClMgS. The summed E-state index contributed by atoms with van der Waals surface area (Å²) in [6, 6.07) is 1.96. The summed E-state index contributed by atoms with van der Waals surface area (Å²) in [6.45, 7) is 3.65. The van der Waals surface area contributed by atoms with Gasteiger partial charge in [0.05, 0.1) is 8.12 Å². The first-order chi connectivity index (χ1) is 4.74. The number of thiophene rings is 1. The van der Waals surface area contributed by atoms with Crippen LogP contribution in [0.1, 0.15) is 5.56 Å². The Balaban J connectivity index is 0.000001000. The van der Waals surface area contributed by atoms with Gasteiger partial charge in [0.25, 0.3) is 0 Å². The van der Waals surface area contributed by atoms with Gasteiger partial charge in [-0.1, -0.05) is 17.7 Å². The Morgan fingerprint density at radius 1 is 1.73 bits per heavy atom. The highest BCUT2D eigenvalue weighted by atomic mass is 79.9. The number of allylic oxidation sites excluding steroid dienone is 1. The summed E-state index contributed by atoms with van der Waals surface area (Å²) in [5.74, 6) is 0. The lowest BCUT2D eigenvalue weighted by Gasteiger charge is -1.87. The third-order valence-corrected chi connectivity index (χ3v) is 3.18. The van der Waals surface area contributed by atoms with Crippen molar-refractivity contribution in [3.63, 3.8) is 0 Å². The molecule has 1 aromatic heterocycles. The summed E-state index contributed by atoms with van der Waals surface area (Å²) in [5, 5.41) is 0. The first-order valence-corrected chi connectivity index (χ1v) is 4.77. The summed E-state index contributed by atoms with van der Waals surface area (Å²) in [5.41, 5.74) is 1.21. The molecule has 0 aromatic carbocycles. The van der Waals surface area contributed by atoms with Crippen LogP contribution in [-0.2, 0) is 6.42 Å². The standard InChI is InChI=1S/C7H6BrClS.Mg.2H/c1-2-3-5-4-6(9)10-7(5)8;;;/h2,4H,1,3H2;;;. The van der Waals surface area contributed by atoms with Crippen molar-refractivity contribution in [2.45, 2.75) is 6.42 Å². The van der Waals surface area contributed by atoms with E-state index in [0.29, 0.717) is 0 Å². The quantitative estimate of drug-likeness (QED) is 0.569. The van der Waals surface area contributed by atoms with Crippen LogP contribution in [0.5, 0.6) is 0 Å². The minimum atomic E-state index is 0. The maximum Gasteiger partial charge on any atom is 0.316 e. The fourth-order valence-electron chi connectivity index (χ4n) is 0.669. The Morgan fingerprint density at radius 2 is 2.36 bits per heavy atom. The molecule has 0 bridgehead atoms. The lowest BCUT2D eigenvalue weighted by atomic mass is 10.2. The molecule has 0 unspecified atom stereocenters. The molecule has 0 aliphatic rings. The van der Waals surface area contributed by atoms with Gasteiger partial charge in [-0.3, -0.25) is 0 Å². The molecule has 0 aliphatic heterocycles. The molecular weight excluding hydrogens is 256 g/mol. The van der Waals surface area contributed by atoms with Crippen molar-refractivity contribution < 1.29 is 0 Å². The van der Waals surface area contributed by atoms with Crippen LogP contribution >= 0.6 is 38.9 Å². The maximum atomic E-state index is 5.76. The molecule has 1 heterocycles. The molecule has 0 saturated carbocycles. The minimum Gasteiger partial charge on any atom is -0.116 e. The van der Waals surface area contributed by atoms with Gasteiger partial charge in [-0.25, -0.2) is 0 Å². The summed E-state index contributed by atoms with van der Waals surface area (Å²) < 4.78 is 1.93. The van der Waals surface area contributed by atoms with E-state index in [2.05, 4.69) is 22.5 Å². The van der Waals surface area contributed by atoms with Crippen LogP contribution in [0.15, 0.2) is 22.5 Å². The molecule has 58 valence electrons. The second kappa shape index (κ2) is 5.59. The first kappa shape index (κ1) is 12.0. The van der Waals surface area contributed by atoms with Gasteiger partial charge in [0, 0.05) is 0 Å². The van der Waals surface area contributed by atoms with Crippen molar-refractivity contribution in [2.24, 2.45) is 0 Å². The van der Waals surface area contributed by atoms with Gasteiger partial charge in [-0.2, -0.15) is 0 Å². The van der Waals surface area contributed by atoms with E-state index in [4.69, 9.17) is 11.6 Å². The molecule has 0 nitrogen and oxygen atoms in total. The lowest BCUT2D eigenvalue weighted by molar-refractivity contribution is 1.29. The molecule has 0 saturated heterocycles. The second-order valence-electron chi connectivity index (χ2n) is 1.84. The van der Waals surface area contributed by atoms with Crippen LogP contribution in [0, 0.1) is 0 Å². The van der Waals surface area contributed by atoms with Gasteiger partial charge in [0.2, 0.25) is 0 Å². The Labute approximate surface area is 99.9 Å². The van der Waals surface area contributed by atoms with Crippen LogP contribution in [0.3, 0.4) is 0 Å². The van der Waals surface area contributed by atoms with E-state index in [9.17, 15) is 0 Å². The average Bonchev–Trinajstić information content (AvgIpc) is 2.13. The molecule has 11 heavy (non-hydrogen) atoms. The van der Waals surface area contributed by atoms with Crippen LogP contribution in [-0.4, -0.2) is 23.1 Å². The summed E-state index contributed by atoms with van der Waals surface area (Å²) in [6.07, 6.45) is 2.74. The number of halogens is 2. The minimum absolute atomic E-state index is 0. The molecule has 4 heteroatoms. The van der Waals surface area contributed by atoms with Gasteiger partial charge < -0.3 is 0 Å². The Kier molecular flexibility index (Phi) is 6.09. The number of hydrogen-bond donors (Lipinski definition) is 0. The fraction of sp³-hybridized carbons (Fsp3) is 0.143. The normalized spacial score (nSPS) is 8.91. The molecule has 0 atom stereocenters. The van der Waals surface area contributed by atoms with Crippen molar-refractivity contribution in [2.75, 3.05) is 0 Å². The third-order valence-electron chi connectivity index (χ3n) is 1.09. The smallest absolute Gasteiger partial charge is 0.116 e. The molecule has 1 rings (SSSR count). The molecule has 0 spiro atoms. The number of hydrogen-bond acceptors (Lipinski definition) is 1. The molecule has 0 amide bonds. The van der Waals surface area contributed by atoms with E-state index < -0.39 is 0 Å². The predicted molar refractivity (Wildman–Crippen MR) is 59.5 cm³/mol. The SMILES string of the molecule is C=CCc1cc(Cl)sc1Br.[MgH2]. The van der Waals surface area contributed by atoms with Crippen LogP contribution in [0.2, 0.25) is 4.34 Å². The zero-order valence-corrected chi connectivity index (χ0v) is 8.39. The highest BCUT2D eigenvalue weighted by Crippen LogP contribution is 2.31. The van der Waals surface area contributed by atoms with E-state index >= 15 is 0 Å². The van der Waals surface area contributed by atoms with Crippen LogP contribution < -0.4 is 0 Å². The second-order valence-corrected chi connectivity index (χ2v) is 4.84. The Morgan fingerprint density at radius 3 is 2.73 bits per heavy atom. The molecule has 0 fully saturated rings. The topological polar surface area (TPSA) is 0 Å². The van der Waals surface area contributed by atoms with Crippen LogP contribution in [0.4, 0.5) is 0 Å². The molecule has 0 radical (unpaired) electrons. The zero-order chi connectivity index (χ0) is 7.56. The van der Waals surface area contributed by atoms with Gasteiger partial charge in [0.15, 0.2) is 0 Å². The van der Waals surface area contributed by atoms with E-state index in [-0.39, 0.29) is 23.1 Å². The maximum absolute atomic E-state index is 5.76. The summed E-state index contributed by atoms with van der Waals surface area (Å²) >= 11 is 10.7. The fourth-order valence-corrected chi connectivity index (χ4v) is 2.76. The Bertz CT molecular complexity index is 247. The Hall–Kier alpha value is 0.976. The van der Waals surface area contributed by atoms with Gasteiger partial charge in [-0.15, -0.1) is 17.9 Å². The highest BCUT2D eigenvalue weighted by Gasteiger charge is 2.01. The van der Waals surface area contributed by atoms with Gasteiger partial charge >= 0.3 is 23.1 Å². The zero-order valence-electron chi connectivity index (χ0n) is 5.23. The lowest BCUT2D eigenvalue weighted by Crippen LogP contribution is -1.73. The highest BCUT2D eigenvalue weighted by molar-refractivity contribution is 9.11. The van der Waals surface area contributed by atoms with Crippen molar-refractivity contribution in [3.8, 4) is 0 Å². The van der Waals surface area contributed by atoms with Crippen molar-refractivity contribution in [1.82, 2.24) is 0 Å². The summed E-state index contributed by atoms with van der Waals surface area (Å²) in [4.78, 5) is 0. The van der Waals surface area contributed by atoms with Gasteiger partial charge in [0.1, 0.15) is 0 Å². The number of rotatable bonds is 2. The van der Waals surface area contributed by atoms with Crippen molar-refractivity contribution in [3.05, 3.63) is 32.4 Å². The van der Waals surface area contributed by atoms with Crippen LogP contribution in [0.25, 0.3) is 0 Å². The molecule has 0 N–H and O–H groups in total.